The number of piperidine rings is 1. The van der Waals surface area contributed by atoms with E-state index in [0.29, 0.717) is 0 Å². The van der Waals surface area contributed by atoms with Crippen molar-refractivity contribution in [2.24, 2.45) is 0 Å². The third kappa shape index (κ3) is 2.35. The van der Waals surface area contributed by atoms with E-state index < -0.39 is 0 Å². The molecular weight excluding hydrogens is 292 g/mol. The lowest BCUT2D eigenvalue weighted by atomic mass is 10.0. The molecule has 0 saturated carbocycles. The van der Waals surface area contributed by atoms with E-state index in [4.69, 9.17) is 0 Å². The van der Waals surface area contributed by atoms with Crippen LogP contribution in [0.4, 0.5) is 5.13 Å². The molecule has 1 atom stereocenters. The first-order valence-electron chi connectivity index (χ1n) is 5.19. The summed E-state index contributed by atoms with van der Waals surface area (Å²) in [5.41, 5.74) is 0. The second-order valence-electron chi connectivity index (χ2n) is 3.66. The summed E-state index contributed by atoms with van der Waals surface area (Å²) >= 11 is 4.76. The van der Waals surface area contributed by atoms with Gasteiger partial charge in [0.2, 0.25) is 11.0 Å². The fraction of sp³-hybridized carbons (Fsp3) is 0.667. The predicted octanol–water partition coefficient (Wildman–Crippen LogP) is 1.41. The Morgan fingerprint density at radius 2 is 2.38 bits per heavy atom. The summed E-state index contributed by atoms with van der Waals surface area (Å²) in [6.07, 6.45) is 3.08. The van der Waals surface area contributed by atoms with E-state index in [0.717, 1.165) is 34.9 Å². The molecule has 7 heteroatoms. The Hall–Kier alpha value is -0.690. The molecule has 5 nitrogen and oxygen atoms in total. The Balaban J connectivity index is 2.19. The van der Waals surface area contributed by atoms with Crippen LogP contribution in [0.25, 0.3) is 0 Å². The Morgan fingerprint density at radius 1 is 1.56 bits per heavy atom. The van der Waals surface area contributed by atoms with E-state index in [9.17, 15) is 4.79 Å². The lowest BCUT2D eigenvalue weighted by Gasteiger charge is -2.33. The van der Waals surface area contributed by atoms with Gasteiger partial charge in [-0.25, -0.2) is 0 Å². The highest BCUT2D eigenvalue weighted by molar-refractivity contribution is 9.11. The molecule has 1 aromatic rings. The molecule has 1 fully saturated rings. The van der Waals surface area contributed by atoms with Gasteiger partial charge in [0, 0.05) is 13.6 Å². The van der Waals surface area contributed by atoms with Crippen LogP contribution in [0, 0.1) is 0 Å². The smallest absolute Gasteiger partial charge is 0.242 e. The van der Waals surface area contributed by atoms with Crippen molar-refractivity contribution in [1.82, 2.24) is 15.5 Å². The first-order chi connectivity index (χ1) is 7.72. The normalized spacial score (nSPS) is 20.9. The summed E-state index contributed by atoms with van der Waals surface area (Å²) in [6, 6.07) is -0.0985. The number of nitrogens with one attached hydrogen (secondary N) is 1. The fourth-order valence-corrected chi connectivity index (χ4v) is 3.08. The molecule has 0 radical (unpaired) electrons. The van der Waals surface area contributed by atoms with E-state index in [2.05, 4.69) is 31.4 Å². The van der Waals surface area contributed by atoms with Crippen molar-refractivity contribution in [2.75, 3.05) is 18.5 Å². The number of halogens is 1. The number of nitrogens with zero attached hydrogens (tertiary/aromatic N) is 3. The average molecular weight is 305 g/mol. The Kier molecular flexibility index (Phi) is 3.75. The third-order valence-corrected chi connectivity index (χ3v) is 4.08. The molecule has 0 aromatic carbocycles. The van der Waals surface area contributed by atoms with Gasteiger partial charge in [-0.2, -0.15) is 0 Å². The minimum Gasteiger partial charge on any atom is -0.357 e. The lowest BCUT2D eigenvalue weighted by Crippen LogP contribution is -2.48. The van der Waals surface area contributed by atoms with Gasteiger partial charge in [0.1, 0.15) is 6.04 Å². The van der Waals surface area contributed by atoms with Crippen molar-refractivity contribution >= 4 is 38.3 Å². The molecular formula is C9H13BrN4OS. The monoisotopic (exact) mass is 304 g/mol. The van der Waals surface area contributed by atoms with Crippen molar-refractivity contribution in [2.45, 2.75) is 25.3 Å². The Bertz CT molecular complexity index is 383. The zero-order chi connectivity index (χ0) is 11.5. The molecule has 1 aliphatic heterocycles. The van der Waals surface area contributed by atoms with Crippen molar-refractivity contribution in [1.29, 1.82) is 0 Å². The van der Waals surface area contributed by atoms with Crippen LogP contribution in [0.5, 0.6) is 0 Å². The molecule has 0 spiro atoms. The number of rotatable bonds is 2. The standard InChI is InChI=1S/C9H13BrN4OS/c1-11-7(15)6-4-2-3-5-14(6)9-13-12-8(10)16-9/h6H,2-5H2,1H3,(H,11,15). The molecule has 0 aliphatic carbocycles. The summed E-state index contributed by atoms with van der Waals surface area (Å²) in [4.78, 5) is 13.8. The summed E-state index contributed by atoms with van der Waals surface area (Å²) in [5, 5.41) is 11.5. The molecule has 16 heavy (non-hydrogen) atoms. The fourth-order valence-electron chi connectivity index (χ4n) is 1.91. The molecule has 1 amide bonds. The largest absolute Gasteiger partial charge is 0.357 e. The highest BCUT2D eigenvalue weighted by atomic mass is 79.9. The number of amides is 1. The highest BCUT2D eigenvalue weighted by Gasteiger charge is 2.30. The zero-order valence-corrected chi connectivity index (χ0v) is 11.3. The molecule has 1 N–H and O–H groups in total. The zero-order valence-electron chi connectivity index (χ0n) is 8.94. The molecule has 2 rings (SSSR count). The van der Waals surface area contributed by atoms with Gasteiger partial charge in [-0.1, -0.05) is 11.3 Å². The van der Waals surface area contributed by atoms with Crippen molar-refractivity contribution in [3.8, 4) is 0 Å². The van der Waals surface area contributed by atoms with E-state index in [1.165, 1.54) is 11.3 Å². The predicted molar refractivity (Wildman–Crippen MR) is 66.7 cm³/mol. The van der Waals surface area contributed by atoms with Crippen LogP contribution in [0.1, 0.15) is 19.3 Å². The summed E-state index contributed by atoms with van der Waals surface area (Å²) in [5.74, 6) is 0.0611. The van der Waals surface area contributed by atoms with Crippen molar-refractivity contribution < 1.29 is 4.79 Å². The molecule has 0 bridgehead atoms. The van der Waals surface area contributed by atoms with Crippen LogP contribution in [0.15, 0.2) is 3.92 Å². The van der Waals surface area contributed by atoms with Gasteiger partial charge in [0.15, 0.2) is 3.92 Å². The summed E-state index contributed by atoms with van der Waals surface area (Å²) in [6.45, 7) is 0.875. The Morgan fingerprint density at radius 3 is 3.00 bits per heavy atom. The molecule has 1 aromatic heterocycles. The van der Waals surface area contributed by atoms with E-state index >= 15 is 0 Å². The van der Waals surface area contributed by atoms with Gasteiger partial charge < -0.3 is 10.2 Å². The number of anilines is 1. The minimum absolute atomic E-state index is 0.0611. The third-order valence-electron chi connectivity index (χ3n) is 2.69. The number of hydrogen-bond donors (Lipinski definition) is 1. The summed E-state index contributed by atoms with van der Waals surface area (Å²) < 4.78 is 0.753. The van der Waals surface area contributed by atoms with E-state index in [-0.39, 0.29) is 11.9 Å². The Labute approximate surface area is 106 Å². The first kappa shape index (κ1) is 11.8. The van der Waals surface area contributed by atoms with E-state index in [1.807, 2.05) is 4.90 Å². The number of aromatic nitrogens is 2. The molecule has 1 aliphatic rings. The van der Waals surface area contributed by atoms with Gasteiger partial charge in [0.25, 0.3) is 0 Å². The average Bonchev–Trinajstić information content (AvgIpc) is 2.75. The SMILES string of the molecule is CNC(=O)C1CCCCN1c1nnc(Br)s1. The van der Waals surface area contributed by atoms with E-state index in [1.54, 1.807) is 7.05 Å². The topological polar surface area (TPSA) is 58.1 Å². The maximum Gasteiger partial charge on any atom is 0.242 e. The van der Waals surface area contributed by atoms with Crippen LogP contribution < -0.4 is 10.2 Å². The van der Waals surface area contributed by atoms with Crippen LogP contribution in [-0.2, 0) is 4.79 Å². The van der Waals surface area contributed by atoms with Gasteiger partial charge in [0.05, 0.1) is 0 Å². The lowest BCUT2D eigenvalue weighted by molar-refractivity contribution is -0.122. The van der Waals surface area contributed by atoms with Gasteiger partial charge >= 0.3 is 0 Å². The van der Waals surface area contributed by atoms with Gasteiger partial charge in [-0.3, -0.25) is 4.79 Å². The molecule has 88 valence electrons. The number of carbonyl (C=O) groups excluding carboxylic acids is 1. The number of hydrogen-bond acceptors (Lipinski definition) is 5. The van der Waals surface area contributed by atoms with Crippen LogP contribution >= 0.6 is 27.3 Å². The van der Waals surface area contributed by atoms with Crippen LogP contribution in [0.3, 0.4) is 0 Å². The van der Waals surface area contributed by atoms with Gasteiger partial charge in [-0.05, 0) is 35.2 Å². The molecule has 1 saturated heterocycles. The van der Waals surface area contributed by atoms with Crippen molar-refractivity contribution in [3.05, 3.63) is 3.92 Å². The number of carbonyl (C=O) groups is 1. The molecule has 2 heterocycles. The highest BCUT2D eigenvalue weighted by Crippen LogP contribution is 2.29. The number of likely N-dealkylation sites (N-methyl/N-ethyl adjacent to an activating group) is 1. The quantitative estimate of drug-likeness (QED) is 0.897. The summed E-state index contributed by atoms with van der Waals surface area (Å²) in [7, 11) is 1.67. The second-order valence-corrected chi connectivity index (χ2v) is 5.89. The van der Waals surface area contributed by atoms with Crippen LogP contribution in [0.2, 0.25) is 0 Å². The molecule has 1 unspecified atom stereocenters. The maximum atomic E-state index is 11.7. The minimum atomic E-state index is -0.0985. The van der Waals surface area contributed by atoms with Crippen LogP contribution in [-0.4, -0.2) is 35.7 Å². The van der Waals surface area contributed by atoms with Gasteiger partial charge in [-0.15, -0.1) is 10.2 Å². The first-order valence-corrected chi connectivity index (χ1v) is 6.80. The second kappa shape index (κ2) is 5.09. The van der Waals surface area contributed by atoms with Crippen molar-refractivity contribution in [3.63, 3.8) is 0 Å². The maximum absolute atomic E-state index is 11.7.